The lowest BCUT2D eigenvalue weighted by molar-refractivity contribution is 0.500. The van der Waals surface area contributed by atoms with E-state index in [1.807, 2.05) is 30.2 Å². The molecule has 0 saturated carbocycles. The summed E-state index contributed by atoms with van der Waals surface area (Å²) in [6, 6.07) is 6.58. The minimum absolute atomic E-state index is 0.382. The van der Waals surface area contributed by atoms with Gasteiger partial charge in [0, 0.05) is 36.9 Å². The van der Waals surface area contributed by atoms with Crippen molar-refractivity contribution in [1.29, 1.82) is 0 Å². The van der Waals surface area contributed by atoms with E-state index in [0.717, 1.165) is 13.1 Å². The van der Waals surface area contributed by atoms with Crippen LogP contribution in [-0.4, -0.2) is 21.4 Å². The van der Waals surface area contributed by atoms with Crippen LogP contribution in [-0.2, 0) is 13.1 Å². The minimum atomic E-state index is 0.382. The van der Waals surface area contributed by atoms with Gasteiger partial charge in [-0.05, 0) is 32.2 Å². The van der Waals surface area contributed by atoms with Gasteiger partial charge in [0.05, 0.1) is 6.54 Å². The number of nitrogens with one attached hydrogen (secondary N) is 1. The van der Waals surface area contributed by atoms with E-state index in [0.29, 0.717) is 6.04 Å². The number of nitrogens with zero attached hydrogens (tertiary/aromatic N) is 3. The first-order valence-electron chi connectivity index (χ1n) is 5.61. The molecule has 4 nitrogen and oxygen atoms in total. The van der Waals surface area contributed by atoms with E-state index in [1.54, 1.807) is 0 Å². The van der Waals surface area contributed by atoms with Crippen molar-refractivity contribution >= 4 is 0 Å². The average molecular weight is 218 g/mol. The van der Waals surface area contributed by atoms with Gasteiger partial charge < -0.3 is 9.88 Å². The Morgan fingerprint density at radius 2 is 2.19 bits per heavy atom. The average Bonchev–Trinajstić information content (AvgIpc) is 2.96. The van der Waals surface area contributed by atoms with Gasteiger partial charge in [-0.3, -0.25) is 4.68 Å². The van der Waals surface area contributed by atoms with E-state index in [2.05, 4.69) is 40.2 Å². The maximum Gasteiger partial charge on any atom is 0.0588 e. The van der Waals surface area contributed by atoms with Gasteiger partial charge in [-0.15, -0.1) is 0 Å². The second-order valence-corrected chi connectivity index (χ2v) is 3.91. The highest BCUT2D eigenvalue weighted by Crippen LogP contribution is 2.12. The summed E-state index contributed by atoms with van der Waals surface area (Å²) in [4.78, 5) is 0. The molecule has 0 spiro atoms. The Morgan fingerprint density at radius 3 is 2.88 bits per heavy atom. The molecule has 86 valence electrons. The van der Waals surface area contributed by atoms with E-state index >= 15 is 0 Å². The number of hydrogen-bond donors (Lipinski definition) is 1. The molecule has 4 heteroatoms. The maximum absolute atomic E-state index is 4.20. The molecule has 1 atom stereocenters. The number of rotatable bonds is 5. The number of aromatic nitrogens is 3. The van der Waals surface area contributed by atoms with Crippen LogP contribution in [0.15, 0.2) is 36.8 Å². The predicted octanol–water partition coefficient (Wildman–Crippen LogP) is 1.67. The number of aryl methyl sites for hydroxylation is 2. The van der Waals surface area contributed by atoms with Crippen LogP contribution < -0.4 is 5.32 Å². The molecule has 0 bridgehead atoms. The van der Waals surface area contributed by atoms with Crippen molar-refractivity contribution in [3.63, 3.8) is 0 Å². The zero-order valence-corrected chi connectivity index (χ0v) is 9.80. The van der Waals surface area contributed by atoms with Crippen LogP contribution in [0.25, 0.3) is 0 Å². The highest BCUT2D eigenvalue weighted by Gasteiger charge is 2.07. The summed E-state index contributed by atoms with van der Waals surface area (Å²) in [5.74, 6) is 0. The molecule has 16 heavy (non-hydrogen) atoms. The predicted molar refractivity (Wildman–Crippen MR) is 64.1 cm³/mol. The summed E-state index contributed by atoms with van der Waals surface area (Å²) in [6.45, 7) is 4.03. The van der Waals surface area contributed by atoms with Crippen molar-refractivity contribution < 1.29 is 0 Å². The first kappa shape index (κ1) is 11.0. The smallest absolute Gasteiger partial charge is 0.0588 e. The van der Waals surface area contributed by atoms with Gasteiger partial charge in [0.25, 0.3) is 0 Å². The standard InChI is InChI=1S/C12H18N4/c1-11(13-2)12-5-3-7-15(12)9-10-16-8-4-6-14-16/h3-8,11,13H,9-10H2,1-2H3. The Hall–Kier alpha value is -1.55. The van der Waals surface area contributed by atoms with E-state index in [4.69, 9.17) is 0 Å². The van der Waals surface area contributed by atoms with E-state index in [1.165, 1.54) is 5.69 Å². The van der Waals surface area contributed by atoms with Gasteiger partial charge in [-0.1, -0.05) is 0 Å². The summed E-state index contributed by atoms with van der Waals surface area (Å²) in [6.07, 6.45) is 5.92. The molecule has 1 unspecified atom stereocenters. The fourth-order valence-corrected chi connectivity index (χ4v) is 1.81. The summed E-state index contributed by atoms with van der Waals surface area (Å²) in [7, 11) is 1.98. The molecule has 0 aliphatic carbocycles. The van der Waals surface area contributed by atoms with Crippen LogP contribution >= 0.6 is 0 Å². The van der Waals surface area contributed by atoms with Crippen molar-refractivity contribution in [2.75, 3.05) is 7.05 Å². The first-order valence-corrected chi connectivity index (χ1v) is 5.61. The molecule has 2 aromatic rings. The Balaban J connectivity index is 2.01. The van der Waals surface area contributed by atoms with Crippen LogP contribution in [0, 0.1) is 0 Å². The fourth-order valence-electron chi connectivity index (χ4n) is 1.81. The molecule has 0 radical (unpaired) electrons. The summed E-state index contributed by atoms with van der Waals surface area (Å²) in [5.41, 5.74) is 1.31. The molecule has 0 saturated heterocycles. The van der Waals surface area contributed by atoms with Crippen molar-refractivity contribution in [3.05, 3.63) is 42.5 Å². The van der Waals surface area contributed by atoms with E-state index in [-0.39, 0.29) is 0 Å². The Morgan fingerprint density at radius 1 is 1.31 bits per heavy atom. The van der Waals surface area contributed by atoms with E-state index < -0.39 is 0 Å². The molecular formula is C12H18N4. The summed E-state index contributed by atoms with van der Waals surface area (Å²) in [5, 5.41) is 7.46. The van der Waals surface area contributed by atoms with Crippen molar-refractivity contribution in [3.8, 4) is 0 Å². The van der Waals surface area contributed by atoms with Gasteiger partial charge >= 0.3 is 0 Å². The third-order valence-electron chi connectivity index (χ3n) is 2.87. The molecule has 2 heterocycles. The molecule has 0 aliphatic rings. The zero-order chi connectivity index (χ0) is 11.4. The lowest BCUT2D eigenvalue weighted by Crippen LogP contribution is -2.18. The molecular weight excluding hydrogens is 200 g/mol. The lowest BCUT2D eigenvalue weighted by Gasteiger charge is -2.14. The van der Waals surface area contributed by atoms with Crippen molar-refractivity contribution in [2.45, 2.75) is 26.1 Å². The molecule has 0 fully saturated rings. The fraction of sp³-hybridized carbons (Fsp3) is 0.417. The lowest BCUT2D eigenvalue weighted by atomic mass is 10.2. The highest BCUT2D eigenvalue weighted by molar-refractivity contribution is 5.11. The van der Waals surface area contributed by atoms with Crippen LogP contribution in [0.1, 0.15) is 18.7 Å². The second kappa shape index (κ2) is 4.99. The van der Waals surface area contributed by atoms with Gasteiger partial charge in [0.15, 0.2) is 0 Å². The van der Waals surface area contributed by atoms with Gasteiger partial charge in [-0.25, -0.2) is 0 Å². The van der Waals surface area contributed by atoms with Gasteiger partial charge in [-0.2, -0.15) is 5.10 Å². The van der Waals surface area contributed by atoms with Crippen molar-refractivity contribution in [1.82, 2.24) is 19.7 Å². The van der Waals surface area contributed by atoms with Crippen LogP contribution in [0.3, 0.4) is 0 Å². The molecule has 0 amide bonds. The zero-order valence-electron chi connectivity index (χ0n) is 9.80. The topological polar surface area (TPSA) is 34.8 Å². The molecule has 2 rings (SSSR count). The molecule has 0 aliphatic heterocycles. The minimum Gasteiger partial charge on any atom is -0.348 e. The normalized spacial score (nSPS) is 12.9. The molecule has 0 aromatic carbocycles. The number of hydrogen-bond acceptors (Lipinski definition) is 2. The van der Waals surface area contributed by atoms with Crippen LogP contribution in [0.5, 0.6) is 0 Å². The first-order chi connectivity index (χ1) is 7.81. The van der Waals surface area contributed by atoms with Crippen LogP contribution in [0.2, 0.25) is 0 Å². The third kappa shape index (κ3) is 2.33. The highest BCUT2D eigenvalue weighted by atomic mass is 15.3. The molecule has 1 N–H and O–H groups in total. The molecule has 2 aromatic heterocycles. The SMILES string of the molecule is CNC(C)c1cccn1CCn1cccn1. The monoisotopic (exact) mass is 218 g/mol. The van der Waals surface area contributed by atoms with Gasteiger partial charge in [0.2, 0.25) is 0 Å². The van der Waals surface area contributed by atoms with Crippen LogP contribution in [0.4, 0.5) is 0 Å². The van der Waals surface area contributed by atoms with E-state index in [9.17, 15) is 0 Å². The Labute approximate surface area is 95.9 Å². The largest absolute Gasteiger partial charge is 0.348 e. The summed E-state index contributed by atoms with van der Waals surface area (Å²) >= 11 is 0. The Bertz CT molecular complexity index is 416. The van der Waals surface area contributed by atoms with Gasteiger partial charge in [0.1, 0.15) is 0 Å². The summed E-state index contributed by atoms with van der Waals surface area (Å²) < 4.78 is 4.22. The Kier molecular flexibility index (Phi) is 3.41. The maximum atomic E-state index is 4.20. The third-order valence-corrected chi connectivity index (χ3v) is 2.87. The quantitative estimate of drug-likeness (QED) is 0.828. The second-order valence-electron chi connectivity index (χ2n) is 3.91. The van der Waals surface area contributed by atoms with Crippen molar-refractivity contribution in [2.24, 2.45) is 0 Å².